The fourth-order valence-corrected chi connectivity index (χ4v) is 4.89. The molecule has 1 aromatic carbocycles. The Morgan fingerprint density at radius 2 is 2.09 bits per heavy atom. The third-order valence-corrected chi connectivity index (χ3v) is 6.71. The van der Waals surface area contributed by atoms with E-state index in [1.165, 1.54) is 23.5 Å². The van der Waals surface area contributed by atoms with Gasteiger partial charge in [0, 0.05) is 44.2 Å². The Kier molecular flexibility index (Phi) is 5.66. The summed E-state index contributed by atoms with van der Waals surface area (Å²) < 4.78 is 15.6. The van der Waals surface area contributed by atoms with Crippen LogP contribution in [0.25, 0.3) is 16.9 Å². The van der Waals surface area contributed by atoms with E-state index in [4.69, 9.17) is 9.97 Å². The molecule has 0 aliphatic carbocycles. The molecular weight excluding hydrogens is 439 g/mol. The number of imidazole rings is 1. The quantitative estimate of drug-likeness (QED) is 0.485. The molecular formula is C23H23FN8S. The zero-order valence-corrected chi connectivity index (χ0v) is 19.2. The Labute approximate surface area is 195 Å². The summed E-state index contributed by atoms with van der Waals surface area (Å²) in [7, 11) is 1.96. The first-order chi connectivity index (χ1) is 16.1. The molecule has 4 heterocycles. The zero-order chi connectivity index (χ0) is 22.9. The highest BCUT2D eigenvalue weighted by Gasteiger charge is 2.21. The average molecular weight is 463 g/mol. The molecule has 0 radical (unpaired) electrons. The number of anilines is 3. The molecule has 1 aliphatic heterocycles. The maximum Gasteiger partial charge on any atom is 0.191 e. The zero-order valence-electron chi connectivity index (χ0n) is 18.4. The van der Waals surface area contributed by atoms with Crippen molar-refractivity contribution in [1.29, 1.82) is 5.26 Å². The van der Waals surface area contributed by atoms with Crippen molar-refractivity contribution in [2.75, 3.05) is 43.0 Å². The second-order valence-corrected chi connectivity index (χ2v) is 8.66. The second-order valence-electron chi connectivity index (χ2n) is 7.82. The lowest BCUT2D eigenvalue weighted by Crippen LogP contribution is -2.44. The van der Waals surface area contributed by atoms with Crippen LogP contribution >= 0.6 is 11.3 Å². The Morgan fingerprint density at radius 3 is 2.85 bits per heavy atom. The van der Waals surface area contributed by atoms with Crippen molar-refractivity contribution in [2.24, 2.45) is 0 Å². The van der Waals surface area contributed by atoms with E-state index >= 15 is 0 Å². The minimum absolute atomic E-state index is 0.269. The van der Waals surface area contributed by atoms with Gasteiger partial charge in [-0.2, -0.15) is 5.26 Å². The topological polar surface area (TPSA) is 85.4 Å². The highest BCUT2D eigenvalue weighted by Crippen LogP contribution is 2.35. The second kappa shape index (κ2) is 8.77. The summed E-state index contributed by atoms with van der Waals surface area (Å²) in [6.45, 7) is 5.77. The molecule has 0 bridgehead atoms. The minimum atomic E-state index is -0.435. The lowest BCUT2D eigenvalue weighted by molar-refractivity contribution is 0.584. The Hall–Kier alpha value is -3.55. The van der Waals surface area contributed by atoms with Crippen molar-refractivity contribution in [3.8, 4) is 17.3 Å². The molecule has 4 aromatic rings. The van der Waals surface area contributed by atoms with Gasteiger partial charge in [0.2, 0.25) is 0 Å². The standard InChI is InChI=1S/C23H23FN8S/c1-3-18-22(32-13-21(27-12-20(32)28-18)31-8-6-26-7-9-31)30(2)23-29-19(14-33-23)17-5-4-16(24)10-15(17)11-25/h4-5,10,12-14,26H,3,6-9H2,1-2H3. The fourth-order valence-electron chi connectivity index (χ4n) is 4.10. The van der Waals surface area contributed by atoms with Crippen molar-refractivity contribution in [3.05, 3.63) is 53.0 Å². The lowest BCUT2D eigenvalue weighted by atomic mass is 10.1. The summed E-state index contributed by atoms with van der Waals surface area (Å²) in [4.78, 5) is 18.5. The monoisotopic (exact) mass is 462 g/mol. The number of halogens is 1. The highest BCUT2D eigenvalue weighted by atomic mass is 32.1. The SMILES string of the molecule is CCc1nc2cnc(N3CCNCC3)cn2c1N(C)c1nc(-c2ccc(F)cc2C#N)cs1. The lowest BCUT2D eigenvalue weighted by Gasteiger charge is -2.28. The van der Waals surface area contributed by atoms with Crippen LogP contribution < -0.4 is 15.1 Å². The number of aromatic nitrogens is 4. The molecule has 0 spiro atoms. The van der Waals surface area contributed by atoms with Crippen LogP contribution in [-0.2, 0) is 6.42 Å². The third kappa shape index (κ3) is 3.90. The smallest absolute Gasteiger partial charge is 0.191 e. The number of hydrogen-bond acceptors (Lipinski definition) is 8. The van der Waals surface area contributed by atoms with E-state index in [0.29, 0.717) is 11.3 Å². The summed E-state index contributed by atoms with van der Waals surface area (Å²) in [5.74, 6) is 1.42. The molecule has 0 amide bonds. The number of hydrogen-bond donors (Lipinski definition) is 1. The molecule has 1 saturated heterocycles. The first kappa shape index (κ1) is 21.3. The molecule has 10 heteroatoms. The van der Waals surface area contributed by atoms with Crippen LogP contribution in [-0.4, -0.2) is 52.6 Å². The van der Waals surface area contributed by atoms with Gasteiger partial charge in [0.15, 0.2) is 10.8 Å². The first-order valence-corrected chi connectivity index (χ1v) is 11.7. The largest absolute Gasteiger partial charge is 0.353 e. The average Bonchev–Trinajstić information content (AvgIpc) is 3.48. The van der Waals surface area contributed by atoms with Gasteiger partial charge in [-0.15, -0.1) is 11.3 Å². The van der Waals surface area contributed by atoms with Gasteiger partial charge in [0.25, 0.3) is 0 Å². The van der Waals surface area contributed by atoms with Crippen molar-refractivity contribution in [2.45, 2.75) is 13.3 Å². The van der Waals surface area contributed by atoms with E-state index < -0.39 is 5.82 Å². The number of piperazine rings is 1. The fraction of sp³-hybridized carbons (Fsp3) is 0.304. The normalized spacial score (nSPS) is 13.9. The van der Waals surface area contributed by atoms with Gasteiger partial charge in [0.05, 0.1) is 35.4 Å². The van der Waals surface area contributed by atoms with E-state index in [1.54, 1.807) is 6.07 Å². The molecule has 33 heavy (non-hydrogen) atoms. The van der Waals surface area contributed by atoms with Crippen LogP contribution in [0, 0.1) is 17.1 Å². The van der Waals surface area contributed by atoms with Crippen LogP contribution in [0.1, 0.15) is 18.2 Å². The van der Waals surface area contributed by atoms with Crippen molar-refractivity contribution in [3.63, 3.8) is 0 Å². The number of nitrogens with one attached hydrogen (secondary N) is 1. The first-order valence-electron chi connectivity index (χ1n) is 10.8. The Bertz CT molecular complexity index is 1350. The van der Waals surface area contributed by atoms with E-state index in [-0.39, 0.29) is 5.56 Å². The molecule has 0 saturated carbocycles. The predicted octanol–water partition coefficient (Wildman–Crippen LogP) is 3.60. The molecule has 3 aromatic heterocycles. The number of benzene rings is 1. The number of rotatable bonds is 5. The summed E-state index contributed by atoms with van der Waals surface area (Å²) in [6, 6.07) is 6.25. The summed E-state index contributed by atoms with van der Waals surface area (Å²) in [5.41, 5.74) is 3.27. The molecule has 168 valence electrons. The van der Waals surface area contributed by atoms with E-state index in [2.05, 4.69) is 32.6 Å². The Morgan fingerprint density at radius 1 is 1.27 bits per heavy atom. The number of thiazole rings is 1. The number of nitriles is 1. The summed E-state index contributed by atoms with van der Waals surface area (Å²) in [5, 5.41) is 15.4. The number of aryl methyl sites for hydroxylation is 1. The summed E-state index contributed by atoms with van der Waals surface area (Å²) >= 11 is 1.47. The van der Waals surface area contributed by atoms with E-state index in [1.807, 2.05) is 29.7 Å². The van der Waals surface area contributed by atoms with Gasteiger partial charge in [0.1, 0.15) is 17.5 Å². The van der Waals surface area contributed by atoms with Gasteiger partial charge in [-0.25, -0.2) is 19.3 Å². The maximum atomic E-state index is 13.6. The molecule has 1 fully saturated rings. The van der Waals surface area contributed by atoms with Crippen LogP contribution in [0.5, 0.6) is 0 Å². The molecule has 8 nitrogen and oxygen atoms in total. The van der Waals surface area contributed by atoms with E-state index in [9.17, 15) is 9.65 Å². The van der Waals surface area contributed by atoms with Crippen LogP contribution in [0.4, 0.5) is 21.2 Å². The number of fused-ring (bicyclic) bond motifs is 1. The summed E-state index contributed by atoms with van der Waals surface area (Å²) in [6.07, 6.45) is 4.62. The molecule has 1 N–H and O–H groups in total. The minimum Gasteiger partial charge on any atom is -0.353 e. The predicted molar refractivity (Wildman–Crippen MR) is 128 cm³/mol. The van der Waals surface area contributed by atoms with Gasteiger partial charge >= 0.3 is 0 Å². The van der Waals surface area contributed by atoms with Gasteiger partial charge in [-0.3, -0.25) is 4.40 Å². The Balaban J connectivity index is 1.54. The van der Waals surface area contributed by atoms with Gasteiger partial charge in [-0.05, 0) is 24.6 Å². The van der Waals surface area contributed by atoms with Crippen molar-refractivity contribution in [1.82, 2.24) is 24.7 Å². The van der Waals surface area contributed by atoms with Gasteiger partial charge in [-0.1, -0.05) is 6.92 Å². The molecule has 5 rings (SSSR count). The maximum absolute atomic E-state index is 13.6. The number of nitrogens with zero attached hydrogens (tertiary/aromatic N) is 7. The molecule has 0 unspecified atom stereocenters. The van der Waals surface area contributed by atoms with E-state index in [0.717, 1.165) is 60.7 Å². The van der Waals surface area contributed by atoms with Crippen LogP contribution in [0.15, 0.2) is 36.0 Å². The highest BCUT2D eigenvalue weighted by molar-refractivity contribution is 7.14. The van der Waals surface area contributed by atoms with Crippen molar-refractivity contribution >= 4 is 33.8 Å². The van der Waals surface area contributed by atoms with Crippen molar-refractivity contribution < 1.29 is 4.39 Å². The van der Waals surface area contributed by atoms with Crippen LogP contribution in [0.2, 0.25) is 0 Å². The van der Waals surface area contributed by atoms with Crippen LogP contribution in [0.3, 0.4) is 0 Å². The molecule has 0 atom stereocenters. The van der Waals surface area contributed by atoms with Gasteiger partial charge < -0.3 is 15.1 Å². The third-order valence-electron chi connectivity index (χ3n) is 5.79. The molecule has 1 aliphatic rings.